The monoisotopic (exact) mass is 589 g/mol. The molecule has 2 aliphatic carbocycles. The van der Waals surface area contributed by atoms with E-state index in [4.69, 9.17) is 0 Å². The lowest BCUT2D eigenvalue weighted by atomic mass is 9.69. The van der Waals surface area contributed by atoms with Gasteiger partial charge in [0.1, 0.15) is 11.6 Å². The molecule has 2 saturated carbocycles. The Hall–Kier alpha value is -2.95. The van der Waals surface area contributed by atoms with E-state index in [2.05, 4.69) is 10.3 Å². The highest BCUT2D eigenvalue weighted by atomic mass is 19.3. The summed E-state index contributed by atoms with van der Waals surface area (Å²) in [5.74, 6) is -0.595. The van der Waals surface area contributed by atoms with Gasteiger partial charge in [0.05, 0.1) is 24.6 Å². The average molecular weight is 590 g/mol. The highest BCUT2D eigenvalue weighted by Gasteiger charge is 2.48. The largest absolute Gasteiger partial charge is 0.324 e. The number of nitrogens with one attached hydrogen (secondary N) is 1. The third-order valence-corrected chi connectivity index (χ3v) is 10.0. The first-order chi connectivity index (χ1) is 20.2. The van der Waals surface area contributed by atoms with Crippen molar-refractivity contribution in [2.45, 2.75) is 88.8 Å². The second-order valence-corrected chi connectivity index (χ2v) is 12.7. The Morgan fingerprint density at radius 1 is 1.07 bits per heavy atom. The number of halogens is 4. The van der Waals surface area contributed by atoms with E-state index in [-0.39, 0.29) is 47.5 Å². The van der Waals surface area contributed by atoms with Gasteiger partial charge in [0.15, 0.2) is 0 Å². The van der Waals surface area contributed by atoms with Gasteiger partial charge in [0.25, 0.3) is 12.0 Å². The fourth-order valence-electron chi connectivity index (χ4n) is 7.60. The van der Waals surface area contributed by atoms with Crippen molar-refractivity contribution in [3.63, 3.8) is 0 Å². The number of aromatic nitrogens is 2. The van der Waals surface area contributed by atoms with Gasteiger partial charge in [0, 0.05) is 49.8 Å². The molecular formula is C31H39F4N5O2. The zero-order valence-corrected chi connectivity index (χ0v) is 23.8. The first kappa shape index (κ1) is 29.1. The molecule has 42 heavy (non-hydrogen) atoms. The summed E-state index contributed by atoms with van der Waals surface area (Å²) in [5.41, 5.74) is 0.796. The van der Waals surface area contributed by atoms with Crippen molar-refractivity contribution in [3.8, 4) is 0 Å². The highest BCUT2D eigenvalue weighted by molar-refractivity contribution is 5.75. The molecule has 228 valence electrons. The second-order valence-electron chi connectivity index (χ2n) is 12.7. The van der Waals surface area contributed by atoms with Crippen molar-refractivity contribution in [3.05, 3.63) is 63.8 Å². The molecule has 1 aromatic carbocycles. The van der Waals surface area contributed by atoms with Gasteiger partial charge in [-0.25, -0.2) is 27.3 Å². The minimum atomic E-state index is -2.53. The molecule has 2 aliphatic heterocycles. The van der Waals surface area contributed by atoms with E-state index in [1.807, 2.05) is 4.90 Å². The van der Waals surface area contributed by atoms with Crippen LogP contribution in [0.4, 0.5) is 22.4 Å². The minimum absolute atomic E-state index is 0.0261. The molecule has 4 aliphatic rings. The summed E-state index contributed by atoms with van der Waals surface area (Å²) in [6, 6.07) is 3.52. The molecule has 4 fully saturated rings. The highest BCUT2D eigenvalue weighted by Crippen LogP contribution is 2.49. The van der Waals surface area contributed by atoms with E-state index >= 15 is 0 Å². The van der Waals surface area contributed by atoms with Gasteiger partial charge in [0.2, 0.25) is 0 Å². The summed E-state index contributed by atoms with van der Waals surface area (Å²) < 4.78 is 56.7. The van der Waals surface area contributed by atoms with Crippen LogP contribution in [0.15, 0.2) is 35.4 Å². The maximum absolute atomic E-state index is 15.0. The number of nitrogens with zero attached hydrogens (tertiary/aromatic N) is 4. The van der Waals surface area contributed by atoms with Crippen LogP contribution in [0, 0.1) is 23.0 Å². The summed E-state index contributed by atoms with van der Waals surface area (Å²) in [7, 11) is 0. The van der Waals surface area contributed by atoms with Gasteiger partial charge in [-0.2, -0.15) is 0 Å². The van der Waals surface area contributed by atoms with Crippen LogP contribution < -0.4 is 10.9 Å². The van der Waals surface area contributed by atoms with Crippen molar-refractivity contribution in [1.82, 2.24) is 24.7 Å². The molecule has 0 bridgehead atoms. The summed E-state index contributed by atoms with van der Waals surface area (Å²) in [4.78, 5) is 35.0. The third-order valence-electron chi connectivity index (χ3n) is 10.0. The van der Waals surface area contributed by atoms with Crippen LogP contribution in [0.1, 0.15) is 81.0 Å². The maximum atomic E-state index is 15.0. The normalized spacial score (nSPS) is 25.9. The molecule has 1 aromatic heterocycles. The number of carbonyl (C=O) groups is 1. The first-order valence-electron chi connectivity index (χ1n) is 15.3. The maximum Gasteiger partial charge on any atom is 0.320 e. The molecule has 7 nitrogen and oxygen atoms in total. The number of hydrogen-bond acceptors (Lipinski definition) is 4. The summed E-state index contributed by atoms with van der Waals surface area (Å²) >= 11 is 0. The lowest BCUT2D eigenvalue weighted by molar-refractivity contribution is 0.0198. The van der Waals surface area contributed by atoms with Crippen LogP contribution >= 0.6 is 0 Å². The predicted molar refractivity (Wildman–Crippen MR) is 149 cm³/mol. The lowest BCUT2D eigenvalue weighted by Gasteiger charge is -2.49. The summed E-state index contributed by atoms with van der Waals surface area (Å²) in [6.45, 7) is 1.37. The molecule has 3 atom stereocenters. The number of benzene rings is 1. The summed E-state index contributed by atoms with van der Waals surface area (Å²) in [5, 5.41) is 2.83. The standard InChI is InChI=1S/C31H39F4N5O2/c32-22-5-6-25(33)24(13-22)27-14-23(36-16-28(34)35)8-12-40(27)30(42)38-11-7-21(31(18-38)9-1-2-10-31)17-39-19-37-26(15-29(39)41)20-3-4-20/h5-6,13,15,19-21,23,27-28,36H,1-4,7-12,14,16-18H2/t21-,23+,27-/m0/s1. The second kappa shape index (κ2) is 12.0. The molecule has 1 N–H and O–H groups in total. The quantitative estimate of drug-likeness (QED) is 0.436. The average Bonchev–Trinajstić information content (AvgIpc) is 3.73. The summed E-state index contributed by atoms with van der Waals surface area (Å²) in [6.07, 6.45) is 6.76. The molecule has 3 heterocycles. The molecule has 2 saturated heterocycles. The minimum Gasteiger partial charge on any atom is -0.324 e. The third kappa shape index (κ3) is 6.07. The van der Waals surface area contributed by atoms with Gasteiger partial charge in [-0.15, -0.1) is 0 Å². The van der Waals surface area contributed by atoms with Crippen LogP contribution in [-0.4, -0.2) is 64.0 Å². The van der Waals surface area contributed by atoms with Crippen molar-refractivity contribution in [2.75, 3.05) is 26.2 Å². The number of rotatable bonds is 7. The Labute approximate surface area is 243 Å². The Balaban J connectivity index is 1.20. The van der Waals surface area contributed by atoms with E-state index in [0.717, 1.165) is 68.8 Å². The van der Waals surface area contributed by atoms with E-state index in [1.165, 1.54) is 0 Å². The van der Waals surface area contributed by atoms with Gasteiger partial charge < -0.3 is 15.1 Å². The van der Waals surface area contributed by atoms with E-state index in [9.17, 15) is 27.2 Å². The number of urea groups is 1. The lowest BCUT2D eigenvalue weighted by Crippen LogP contribution is -2.57. The Bertz CT molecular complexity index is 1340. The molecule has 6 rings (SSSR count). The molecule has 0 unspecified atom stereocenters. The van der Waals surface area contributed by atoms with Gasteiger partial charge >= 0.3 is 6.03 Å². The SMILES string of the molecule is O=C(N1CC[C@@H](Cn2cnc(C3CC3)cc2=O)C2(CCCC2)C1)N1CC[C@@H](NCC(F)F)C[C@H]1c1cc(F)ccc1F. The van der Waals surface area contributed by atoms with Gasteiger partial charge in [-0.3, -0.25) is 9.36 Å². The fourth-order valence-corrected chi connectivity index (χ4v) is 7.60. The first-order valence-corrected chi connectivity index (χ1v) is 15.3. The number of alkyl halides is 2. The van der Waals surface area contributed by atoms with Gasteiger partial charge in [-0.1, -0.05) is 12.8 Å². The topological polar surface area (TPSA) is 70.5 Å². The van der Waals surface area contributed by atoms with Crippen molar-refractivity contribution in [2.24, 2.45) is 11.3 Å². The Kier molecular flexibility index (Phi) is 8.31. The molecule has 2 aromatic rings. The number of amides is 2. The van der Waals surface area contributed by atoms with Crippen molar-refractivity contribution < 1.29 is 22.4 Å². The predicted octanol–water partition coefficient (Wildman–Crippen LogP) is 5.46. The Morgan fingerprint density at radius 2 is 1.86 bits per heavy atom. The number of likely N-dealkylation sites (tertiary alicyclic amines) is 2. The smallest absolute Gasteiger partial charge is 0.320 e. The molecule has 2 amide bonds. The van der Waals surface area contributed by atoms with Crippen LogP contribution in [0.3, 0.4) is 0 Å². The van der Waals surface area contributed by atoms with E-state index in [0.29, 0.717) is 32.0 Å². The van der Waals surface area contributed by atoms with Crippen molar-refractivity contribution in [1.29, 1.82) is 0 Å². The van der Waals surface area contributed by atoms with Gasteiger partial charge in [-0.05, 0) is 74.5 Å². The van der Waals surface area contributed by atoms with Crippen molar-refractivity contribution >= 4 is 6.03 Å². The molecule has 11 heteroatoms. The Morgan fingerprint density at radius 3 is 2.57 bits per heavy atom. The van der Waals surface area contributed by atoms with Crippen LogP contribution in [-0.2, 0) is 6.54 Å². The molecule has 0 radical (unpaired) electrons. The molecule has 1 spiro atoms. The molecular weight excluding hydrogens is 550 g/mol. The number of hydrogen-bond donors (Lipinski definition) is 1. The van der Waals surface area contributed by atoms with Crippen LogP contribution in [0.2, 0.25) is 0 Å². The van der Waals surface area contributed by atoms with Crippen LogP contribution in [0.25, 0.3) is 0 Å². The fraction of sp³-hybridized carbons (Fsp3) is 0.645. The zero-order valence-electron chi connectivity index (χ0n) is 23.8. The number of carbonyl (C=O) groups excluding carboxylic acids is 1. The van der Waals surface area contributed by atoms with Crippen LogP contribution in [0.5, 0.6) is 0 Å². The van der Waals surface area contributed by atoms with E-state index in [1.54, 1.807) is 21.9 Å². The zero-order chi connectivity index (χ0) is 29.4. The number of piperidine rings is 2. The van der Waals surface area contributed by atoms with E-state index < -0.39 is 30.6 Å².